The fraction of sp³-hybridized carbons (Fsp3) is 0.583. The third kappa shape index (κ3) is 2.15. The lowest BCUT2D eigenvalue weighted by atomic mass is 10.1. The van der Waals surface area contributed by atoms with Crippen molar-refractivity contribution in [1.29, 1.82) is 0 Å². The van der Waals surface area contributed by atoms with Gasteiger partial charge < -0.3 is 9.26 Å². The van der Waals surface area contributed by atoms with Crippen molar-refractivity contribution in [3.05, 3.63) is 17.6 Å². The molecule has 6 heteroatoms. The predicted molar refractivity (Wildman–Crippen MR) is 64.1 cm³/mol. The lowest BCUT2D eigenvalue weighted by Gasteiger charge is -1.97. The van der Waals surface area contributed by atoms with Crippen molar-refractivity contribution < 1.29 is 9.26 Å². The molecule has 96 valence electrons. The standard InChI is InChI=1S/C12H16N4O2/c1-2-3-9-6-10(15-14-9)12-13-11(16-18-12)8-4-5-17-7-8/h6,8H,2-5,7H2,1H3,(H,14,15). The van der Waals surface area contributed by atoms with Crippen molar-refractivity contribution in [2.75, 3.05) is 13.2 Å². The molecule has 18 heavy (non-hydrogen) atoms. The van der Waals surface area contributed by atoms with Gasteiger partial charge >= 0.3 is 0 Å². The van der Waals surface area contributed by atoms with Gasteiger partial charge in [0.15, 0.2) is 11.5 Å². The number of hydrogen-bond acceptors (Lipinski definition) is 5. The van der Waals surface area contributed by atoms with Crippen molar-refractivity contribution in [3.8, 4) is 11.6 Å². The first kappa shape index (κ1) is 11.4. The van der Waals surface area contributed by atoms with Crippen LogP contribution in [-0.4, -0.2) is 33.6 Å². The van der Waals surface area contributed by atoms with Gasteiger partial charge in [0, 0.05) is 18.2 Å². The molecule has 2 aromatic rings. The Hall–Kier alpha value is -1.69. The van der Waals surface area contributed by atoms with Gasteiger partial charge in [0.25, 0.3) is 5.89 Å². The minimum Gasteiger partial charge on any atom is -0.381 e. The van der Waals surface area contributed by atoms with Crippen LogP contribution in [0.5, 0.6) is 0 Å². The molecule has 1 saturated heterocycles. The van der Waals surface area contributed by atoms with Crippen LogP contribution in [0.1, 0.15) is 37.2 Å². The quantitative estimate of drug-likeness (QED) is 0.894. The SMILES string of the molecule is CCCc1cc(-c2nc(C3CCOC3)no2)n[nH]1. The summed E-state index contributed by atoms with van der Waals surface area (Å²) in [6.07, 6.45) is 3.02. The topological polar surface area (TPSA) is 76.8 Å². The van der Waals surface area contributed by atoms with Gasteiger partial charge in [-0.3, -0.25) is 5.10 Å². The zero-order chi connectivity index (χ0) is 12.4. The molecule has 0 aliphatic carbocycles. The first-order valence-corrected chi connectivity index (χ1v) is 6.33. The maximum absolute atomic E-state index is 5.32. The largest absolute Gasteiger partial charge is 0.381 e. The summed E-state index contributed by atoms with van der Waals surface area (Å²) in [4.78, 5) is 4.40. The van der Waals surface area contributed by atoms with E-state index in [0.29, 0.717) is 12.5 Å². The number of nitrogens with zero attached hydrogens (tertiary/aromatic N) is 3. The van der Waals surface area contributed by atoms with Crippen LogP contribution in [0, 0.1) is 0 Å². The normalized spacial score (nSPS) is 19.5. The van der Waals surface area contributed by atoms with E-state index in [1.165, 1.54) is 0 Å². The molecule has 0 radical (unpaired) electrons. The smallest absolute Gasteiger partial charge is 0.278 e. The van der Waals surface area contributed by atoms with Crippen molar-refractivity contribution in [1.82, 2.24) is 20.3 Å². The Morgan fingerprint density at radius 3 is 3.22 bits per heavy atom. The Morgan fingerprint density at radius 1 is 1.50 bits per heavy atom. The highest BCUT2D eigenvalue weighted by atomic mass is 16.5. The molecular formula is C12H16N4O2. The van der Waals surface area contributed by atoms with Crippen molar-refractivity contribution in [2.45, 2.75) is 32.1 Å². The van der Waals surface area contributed by atoms with Gasteiger partial charge in [0.2, 0.25) is 0 Å². The van der Waals surface area contributed by atoms with Crippen LogP contribution in [-0.2, 0) is 11.2 Å². The second-order valence-corrected chi connectivity index (χ2v) is 4.55. The van der Waals surface area contributed by atoms with E-state index in [1.807, 2.05) is 6.07 Å². The number of nitrogens with one attached hydrogen (secondary N) is 1. The van der Waals surface area contributed by atoms with Gasteiger partial charge in [-0.15, -0.1) is 0 Å². The highest BCUT2D eigenvalue weighted by molar-refractivity contribution is 5.46. The first-order chi connectivity index (χ1) is 8.86. The van der Waals surface area contributed by atoms with Gasteiger partial charge in [-0.05, 0) is 18.9 Å². The van der Waals surface area contributed by atoms with Crippen LogP contribution in [0.25, 0.3) is 11.6 Å². The average molecular weight is 248 g/mol. The second-order valence-electron chi connectivity index (χ2n) is 4.55. The van der Waals surface area contributed by atoms with E-state index >= 15 is 0 Å². The van der Waals surface area contributed by atoms with E-state index in [9.17, 15) is 0 Å². The summed E-state index contributed by atoms with van der Waals surface area (Å²) in [7, 11) is 0. The lowest BCUT2D eigenvalue weighted by molar-refractivity contribution is 0.192. The number of hydrogen-bond donors (Lipinski definition) is 1. The van der Waals surface area contributed by atoms with Gasteiger partial charge in [-0.1, -0.05) is 18.5 Å². The summed E-state index contributed by atoms with van der Waals surface area (Å²) in [5.41, 5.74) is 1.81. The number of aryl methyl sites for hydroxylation is 1. The van der Waals surface area contributed by atoms with Crippen LogP contribution in [0.3, 0.4) is 0 Å². The summed E-state index contributed by atoms with van der Waals surface area (Å²) >= 11 is 0. The molecule has 1 aliphatic heterocycles. The fourth-order valence-corrected chi connectivity index (χ4v) is 2.11. The van der Waals surface area contributed by atoms with Gasteiger partial charge in [-0.25, -0.2) is 0 Å². The summed E-state index contributed by atoms with van der Waals surface area (Å²) in [6, 6.07) is 1.96. The van der Waals surface area contributed by atoms with Crippen LogP contribution < -0.4 is 0 Å². The van der Waals surface area contributed by atoms with E-state index in [-0.39, 0.29) is 5.92 Å². The van der Waals surface area contributed by atoms with Crippen molar-refractivity contribution >= 4 is 0 Å². The molecule has 0 bridgehead atoms. The number of aromatic amines is 1. The summed E-state index contributed by atoms with van der Waals surface area (Å²) in [5, 5.41) is 11.2. The molecule has 2 aromatic heterocycles. The first-order valence-electron chi connectivity index (χ1n) is 6.33. The highest BCUT2D eigenvalue weighted by Crippen LogP contribution is 2.25. The highest BCUT2D eigenvalue weighted by Gasteiger charge is 2.24. The third-order valence-electron chi connectivity index (χ3n) is 3.11. The molecule has 6 nitrogen and oxygen atoms in total. The summed E-state index contributed by atoms with van der Waals surface area (Å²) in [5.74, 6) is 1.47. The second kappa shape index (κ2) is 4.89. The molecule has 0 aromatic carbocycles. The van der Waals surface area contributed by atoms with E-state index in [1.54, 1.807) is 0 Å². The number of ether oxygens (including phenoxy) is 1. The third-order valence-corrected chi connectivity index (χ3v) is 3.11. The molecule has 1 fully saturated rings. The van der Waals surface area contributed by atoms with E-state index in [2.05, 4.69) is 27.3 Å². The molecule has 1 atom stereocenters. The molecule has 1 aliphatic rings. The molecule has 1 unspecified atom stereocenters. The van der Waals surface area contributed by atoms with E-state index < -0.39 is 0 Å². The molecule has 0 amide bonds. The number of aromatic nitrogens is 4. The Morgan fingerprint density at radius 2 is 2.44 bits per heavy atom. The number of rotatable bonds is 4. The summed E-state index contributed by atoms with van der Waals surface area (Å²) in [6.45, 7) is 3.59. The molecule has 3 rings (SSSR count). The van der Waals surface area contributed by atoms with E-state index in [4.69, 9.17) is 9.26 Å². The fourth-order valence-electron chi connectivity index (χ4n) is 2.11. The van der Waals surface area contributed by atoms with Gasteiger partial charge in [0.05, 0.1) is 6.61 Å². The maximum Gasteiger partial charge on any atom is 0.278 e. The molecular weight excluding hydrogens is 232 g/mol. The van der Waals surface area contributed by atoms with Crippen LogP contribution in [0.4, 0.5) is 0 Å². The molecule has 0 saturated carbocycles. The minimum atomic E-state index is 0.261. The Labute approximate surface area is 105 Å². The average Bonchev–Trinajstić information content (AvgIpc) is 3.10. The Bertz CT molecular complexity index is 514. The number of H-pyrrole nitrogens is 1. The minimum absolute atomic E-state index is 0.261. The Kier molecular flexibility index (Phi) is 3.10. The lowest BCUT2D eigenvalue weighted by Crippen LogP contribution is -1.99. The van der Waals surface area contributed by atoms with Gasteiger partial charge in [-0.2, -0.15) is 10.1 Å². The monoisotopic (exact) mass is 248 g/mol. The molecule has 1 N–H and O–H groups in total. The van der Waals surface area contributed by atoms with E-state index in [0.717, 1.165) is 43.1 Å². The van der Waals surface area contributed by atoms with Crippen LogP contribution in [0.15, 0.2) is 10.6 Å². The zero-order valence-corrected chi connectivity index (χ0v) is 10.3. The van der Waals surface area contributed by atoms with Gasteiger partial charge in [0.1, 0.15) is 0 Å². The molecule has 0 spiro atoms. The van der Waals surface area contributed by atoms with Crippen molar-refractivity contribution in [3.63, 3.8) is 0 Å². The van der Waals surface area contributed by atoms with Crippen LogP contribution >= 0.6 is 0 Å². The Balaban J connectivity index is 1.78. The van der Waals surface area contributed by atoms with Crippen molar-refractivity contribution in [2.24, 2.45) is 0 Å². The predicted octanol–water partition coefficient (Wildman–Crippen LogP) is 1.92. The molecule has 3 heterocycles. The summed E-state index contributed by atoms with van der Waals surface area (Å²) < 4.78 is 10.6. The maximum atomic E-state index is 5.32. The zero-order valence-electron chi connectivity index (χ0n) is 10.3. The van der Waals surface area contributed by atoms with Crippen LogP contribution in [0.2, 0.25) is 0 Å².